The molecule has 1 amide bonds. The van der Waals surface area contributed by atoms with Gasteiger partial charge < -0.3 is 5.32 Å². The summed E-state index contributed by atoms with van der Waals surface area (Å²) in [6.07, 6.45) is -0.608. The molecule has 0 aliphatic heterocycles. The third kappa shape index (κ3) is 6.88. The summed E-state index contributed by atoms with van der Waals surface area (Å²) in [5, 5.41) is 2.82. The zero-order valence-corrected chi connectivity index (χ0v) is 20.5. The molecule has 1 atom stereocenters. The maximum Gasteiger partial charge on any atom is 0.399 e. The Kier molecular flexibility index (Phi) is 9.31. The lowest BCUT2D eigenvalue weighted by Crippen LogP contribution is -2.33. The highest BCUT2D eigenvalue weighted by Gasteiger charge is 2.39. The quantitative estimate of drug-likeness (QED) is 0.339. The SMILES string of the molecule is CCC(CC)NC(=O)c1ccc(/C=C/C(c2cc(Cl)c(Cl)c(Cl)c2)C(F)(F)F)cc1Br. The Morgan fingerprint density at radius 1 is 1.10 bits per heavy atom. The van der Waals surface area contributed by atoms with Gasteiger partial charge in [-0.1, -0.05) is 66.9 Å². The number of hydrogen-bond donors (Lipinski definition) is 1. The van der Waals surface area contributed by atoms with E-state index in [0.717, 1.165) is 31.1 Å². The molecule has 0 aliphatic rings. The molecule has 1 N–H and O–H groups in total. The van der Waals surface area contributed by atoms with Crippen LogP contribution in [0, 0.1) is 0 Å². The number of alkyl halides is 3. The molecule has 9 heteroatoms. The molecule has 1 unspecified atom stereocenters. The minimum atomic E-state index is -4.57. The number of halogens is 7. The molecule has 0 radical (unpaired) electrons. The zero-order valence-electron chi connectivity index (χ0n) is 16.7. The van der Waals surface area contributed by atoms with E-state index in [1.807, 2.05) is 13.8 Å². The fourth-order valence-corrected chi connectivity index (χ4v) is 4.14. The van der Waals surface area contributed by atoms with Gasteiger partial charge in [0.15, 0.2) is 0 Å². The van der Waals surface area contributed by atoms with E-state index in [1.165, 1.54) is 6.08 Å². The fourth-order valence-electron chi connectivity index (χ4n) is 2.95. The molecule has 0 spiro atoms. The van der Waals surface area contributed by atoms with Gasteiger partial charge in [0.25, 0.3) is 5.91 Å². The molecule has 31 heavy (non-hydrogen) atoms. The highest BCUT2D eigenvalue weighted by molar-refractivity contribution is 9.10. The van der Waals surface area contributed by atoms with Gasteiger partial charge in [-0.3, -0.25) is 4.79 Å². The topological polar surface area (TPSA) is 29.1 Å². The van der Waals surface area contributed by atoms with Crippen molar-refractivity contribution in [3.63, 3.8) is 0 Å². The largest absolute Gasteiger partial charge is 0.399 e. The highest BCUT2D eigenvalue weighted by atomic mass is 79.9. The molecular formula is C22H20BrCl3F3NO. The van der Waals surface area contributed by atoms with E-state index >= 15 is 0 Å². The van der Waals surface area contributed by atoms with Gasteiger partial charge in [0.2, 0.25) is 0 Å². The second kappa shape index (κ2) is 11.1. The van der Waals surface area contributed by atoms with Crippen molar-refractivity contribution in [2.45, 2.75) is 44.8 Å². The van der Waals surface area contributed by atoms with Crippen molar-refractivity contribution in [2.24, 2.45) is 0 Å². The van der Waals surface area contributed by atoms with Crippen molar-refractivity contribution >= 4 is 62.7 Å². The zero-order chi connectivity index (χ0) is 23.3. The maximum absolute atomic E-state index is 13.7. The first-order valence-corrected chi connectivity index (χ1v) is 11.4. The van der Waals surface area contributed by atoms with Crippen molar-refractivity contribution in [3.05, 3.63) is 72.6 Å². The van der Waals surface area contributed by atoms with E-state index in [-0.39, 0.29) is 32.6 Å². The van der Waals surface area contributed by atoms with Crippen LogP contribution in [0.5, 0.6) is 0 Å². The predicted octanol–water partition coefficient (Wildman–Crippen LogP) is 8.69. The van der Waals surface area contributed by atoms with Crippen LogP contribution in [0.3, 0.4) is 0 Å². The van der Waals surface area contributed by atoms with E-state index in [9.17, 15) is 18.0 Å². The number of carbonyl (C=O) groups excluding carboxylic acids is 1. The molecule has 0 bridgehead atoms. The molecule has 2 aromatic carbocycles. The van der Waals surface area contributed by atoms with Gasteiger partial charge in [-0.2, -0.15) is 13.2 Å². The lowest BCUT2D eigenvalue weighted by molar-refractivity contribution is -0.139. The van der Waals surface area contributed by atoms with Gasteiger partial charge >= 0.3 is 6.18 Å². The van der Waals surface area contributed by atoms with Crippen LogP contribution in [0.1, 0.15) is 54.1 Å². The third-order valence-corrected chi connectivity index (χ3v) is 6.61. The summed E-state index contributed by atoms with van der Waals surface area (Å²) in [5.74, 6) is -2.17. The fraction of sp³-hybridized carbons (Fsp3) is 0.318. The number of hydrogen-bond acceptors (Lipinski definition) is 1. The molecule has 2 nitrogen and oxygen atoms in total. The lowest BCUT2D eigenvalue weighted by Gasteiger charge is -2.18. The number of amides is 1. The molecule has 0 saturated carbocycles. The standard InChI is InChI=1S/C22H20BrCl3F3NO/c1-3-14(4-2)30-21(31)15-7-5-12(9-17(15)23)6-8-16(22(27,28)29)13-10-18(24)20(26)19(25)11-13/h5-11,14,16H,3-4H2,1-2H3,(H,30,31)/b8-6+. The van der Waals surface area contributed by atoms with E-state index in [4.69, 9.17) is 34.8 Å². The molecule has 0 fully saturated rings. The Morgan fingerprint density at radius 3 is 2.16 bits per heavy atom. The van der Waals surface area contributed by atoms with Gasteiger partial charge in [-0.05, 0) is 64.2 Å². The van der Waals surface area contributed by atoms with Gasteiger partial charge in [0, 0.05) is 10.5 Å². The van der Waals surface area contributed by atoms with E-state index < -0.39 is 12.1 Å². The average molecular weight is 558 g/mol. The lowest BCUT2D eigenvalue weighted by atomic mass is 9.97. The van der Waals surface area contributed by atoms with Crippen LogP contribution in [0.2, 0.25) is 15.1 Å². The minimum absolute atomic E-state index is 0.00293. The van der Waals surface area contributed by atoms with Crippen LogP contribution in [0.4, 0.5) is 13.2 Å². The first-order chi connectivity index (χ1) is 14.5. The Bertz CT molecular complexity index is 952. The van der Waals surface area contributed by atoms with Gasteiger partial charge in [-0.25, -0.2) is 0 Å². The monoisotopic (exact) mass is 555 g/mol. The summed E-state index contributed by atoms with van der Waals surface area (Å²) in [7, 11) is 0. The maximum atomic E-state index is 13.7. The van der Waals surface area contributed by atoms with E-state index in [2.05, 4.69) is 21.2 Å². The minimum Gasteiger partial charge on any atom is -0.349 e. The van der Waals surface area contributed by atoms with Crippen LogP contribution in [0.15, 0.2) is 40.9 Å². The Labute approximate surface area is 202 Å². The Balaban J connectivity index is 2.31. The summed E-state index contributed by atoms with van der Waals surface area (Å²) >= 11 is 21.0. The van der Waals surface area contributed by atoms with Crippen LogP contribution in [0.25, 0.3) is 6.08 Å². The van der Waals surface area contributed by atoms with Crippen LogP contribution in [-0.4, -0.2) is 18.1 Å². The summed E-state index contributed by atoms with van der Waals surface area (Å²) in [6, 6.07) is 7.11. The summed E-state index contributed by atoms with van der Waals surface area (Å²) < 4.78 is 41.5. The van der Waals surface area contributed by atoms with E-state index in [0.29, 0.717) is 15.6 Å². The Hall–Kier alpha value is -1.21. The van der Waals surface area contributed by atoms with Crippen LogP contribution < -0.4 is 5.32 Å². The highest BCUT2D eigenvalue weighted by Crippen LogP contribution is 2.41. The normalized spacial score (nSPS) is 13.1. The molecule has 0 saturated heterocycles. The number of allylic oxidation sites excluding steroid dienone is 1. The first-order valence-electron chi connectivity index (χ1n) is 9.47. The van der Waals surface area contributed by atoms with Crippen LogP contribution >= 0.6 is 50.7 Å². The van der Waals surface area contributed by atoms with Crippen LogP contribution in [-0.2, 0) is 0 Å². The second-order valence-corrected chi connectivity index (χ2v) is 8.95. The summed E-state index contributed by atoms with van der Waals surface area (Å²) in [5.41, 5.74) is 0.780. The number of rotatable bonds is 7. The van der Waals surface area contributed by atoms with Crippen molar-refractivity contribution in [1.29, 1.82) is 0 Å². The third-order valence-electron chi connectivity index (χ3n) is 4.76. The summed E-state index contributed by atoms with van der Waals surface area (Å²) in [4.78, 5) is 12.4. The first kappa shape index (κ1) is 26.0. The molecule has 0 aromatic heterocycles. The van der Waals surface area contributed by atoms with Gasteiger partial charge in [0.1, 0.15) is 0 Å². The van der Waals surface area contributed by atoms with Gasteiger partial charge in [0.05, 0.1) is 26.5 Å². The van der Waals surface area contributed by atoms with Crippen molar-refractivity contribution in [3.8, 4) is 0 Å². The summed E-state index contributed by atoms with van der Waals surface area (Å²) in [6.45, 7) is 3.96. The smallest absolute Gasteiger partial charge is 0.349 e. The van der Waals surface area contributed by atoms with E-state index in [1.54, 1.807) is 18.2 Å². The van der Waals surface area contributed by atoms with Crippen molar-refractivity contribution in [1.82, 2.24) is 5.32 Å². The number of benzene rings is 2. The number of nitrogens with one attached hydrogen (secondary N) is 1. The predicted molar refractivity (Wildman–Crippen MR) is 125 cm³/mol. The molecule has 0 heterocycles. The molecular weight excluding hydrogens is 538 g/mol. The average Bonchev–Trinajstić information content (AvgIpc) is 2.69. The number of carbonyl (C=O) groups is 1. The molecule has 168 valence electrons. The second-order valence-electron chi connectivity index (χ2n) is 6.90. The van der Waals surface area contributed by atoms with Gasteiger partial charge in [-0.15, -0.1) is 0 Å². The van der Waals surface area contributed by atoms with Crippen molar-refractivity contribution in [2.75, 3.05) is 0 Å². The molecule has 0 aliphatic carbocycles. The Morgan fingerprint density at radius 2 is 1.68 bits per heavy atom. The van der Waals surface area contributed by atoms with Crippen molar-refractivity contribution < 1.29 is 18.0 Å². The molecule has 2 rings (SSSR count). The molecule has 2 aromatic rings.